The molecule has 1 fully saturated rings. The summed E-state index contributed by atoms with van der Waals surface area (Å²) in [7, 11) is 0. The zero-order chi connectivity index (χ0) is 16.5. The number of aryl methyl sites for hydroxylation is 2. The minimum atomic E-state index is -0.0369. The van der Waals surface area contributed by atoms with E-state index in [0.717, 1.165) is 49.1 Å². The van der Waals surface area contributed by atoms with Crippen LogP contribution in [0.1, 0.15) is 46.8 Å². The Hall–Kier alpha value is -2.37. The second-order valence-corrected chi connectivity index (χ2v) is 6.54. The third-order valence-corrected chi connectivity index (χ3v) is 4.74. The number of carbonyl (C=O) groups excluding carboxylic acids is 1. The number of hydrogen-bond donors (Lipinski definition) is 0. The Labute approximate surface area is 140 Å². The van der Waals surface area contributed by atoms with Crippen LogP contribution in [0.15, 0.2) is 22.7 Å². The third-order valence-electron chi connectivity index (χ3n) is 4.74. The summed E-state index contributed by atoms with van der Waals surface area (Å²) in [6, 6.07) is 5.72. The molecule has 0 radical (unpaired) electrons. The van der Waals surface area contributed by atoms with Crippen LogP contribution in [0.2, 0.25) is 0 Å². The number of amides is 1. The molecule has 1 aliphatic carbocycles. The second kappa shape index (κ2) is 6.26. The highest BCUT2D eigenvalue weighted by Gasteiger charge is 2.33. The van der Waals surface area contributed by atoms with Gasteiger partial charge in [-0.15, -0.1) is 0 Å². The van der Waals surface area contributed by atoms with Gasteiger partial charge in [0, 0.05) is 36.7 Å². The molecular weight excluding hydrogens is 306 g/mol. The van der Waals surface area contributed by atoms with Gasteiger partial charge in [0.15, 0.2) is 5.69 Å². The van der Waals surface area contributed by atoms with Gasteiger partial charge in [-0.25, -0.2) is 4.98 Å². The van der Waals surface area contributed by atoms with E-state index < -0.39 is 0 Å². The summed E-state index contributed by atoms with van der Waals surface area (Å²) in [5.74, 6) is 1.47. The number of rotatable bonds is 3. The SMILES string of the molecule is Cc1cccc(OC2CCN(C(=O)c3noc4c3CCCC4)C2)n1. The summed E-state index contributed by atoms with van der Waals surface area (Å²) in [5, 5.41) is 4.04. The van der Waals surface area contributed by atoms with Gasteiger partial charge in [-0.1, -0.05) is 11.2 Å². The molecule has 0 spiro atoms. The monoisotopic (exact) mass is 327 g/mol. The van der Waals surface area contributed by atoms with Gasteiger partial charge >= 0.3 is 0 Å². The van der Waals surface area contributed by atoms with Crippen LogP contribution < -0.4 is 4.74 Å². The molecule has 1 amide bonds. The number of ether oxygens (including phenoxy) is 1. The molecular formula is C18H21N3O3. The number of hydrogen-bond acceptors (Lipinski definition) is 5. The first-order valence-corrected chi connectivity index (χ1v) is 8.58. The minimum Gasteiger partial charge on any atom is -0.472 e. The third kappa shape index (κ3) is 2.88. The number of nitrogens with zero attached hydrogens (tertiary/aromatic N) is 3. The molecule has 1 aliphatic heterocycles. The molecule has 2 aliphatic rings. The molecule has 0 aromatic carbocycles. The summed E-state index contributed by atoms with van der Waals surface area (Å²) in [5.41, 5.74) is 2.43. The van der Waals surface area contributed by atoms with Crippen LogP contribution in [-0.2, 0) is 12.8 Å². The Kier molecular flexibility index (Phi) is 3.96. The standard InChI is InChI=1S/C18H21N3O3/c1-12-5-4-8-16(19-12)23-13-9-10-21(11-13)18(22)17-14-6-2-3-7-15(14)24-20-17/h4-5,8,13H,2-3,6-7,9-11H2,1H3. The molecule has 0 N–H and O–H groups in total. The van der Waals surface area contributed by atoms with Crippen molar-refractivity contribution in [2.24, 2.45) is 0 Å². The summed E-state index contributed by atoms with van der Waals surface area (Å²) >= 11 is 0. The van der Waals surface area contributed by atoms with Gasteiger partial charge in [-0.3, -0.25) is 4.79 Å². The lowest BCUT2D eigenvalue weighted by atomic mass is 9.96. The van der Waals surface area contributed by atoms with Crippen LogP contribution in [-0.4, -0.2) is 40.1 Å². The van der Waals surface area contributed by atoms with Crippen molar-refractivity contribution < 1.29 is 14.1 Å². The number of likely N-dealkylation sites (tertiary alicyclic amines) is 1. The van der Waals surface area contributed by atoms with Crippen LogP contribution in [0.3, 0.4) is 0 Å². The van der Waals surface area contributed by atoms with Gasteiger partial charge in [-0.2, -0.15) is 0 Å². The van der Waals surface area contributed by atoms with E-state index >= 15 is 0 Å². The Bertz CT molecular complexity index is 756. The lowest BCUT2D eigenvalue weighted by Crippen LogP contribution is -2.32. The molecule has 24 heavy (non-hydrogen) atoms. The van der Waals surface area contributed by atoms with Crippen molar-refractivity contribution in [1.82, 2.24) is 15.0 Å². The van der Waals surface area contributed by atoms with Crippen molar-refractivity contribution in [2.45, 2.75) is 45.1 Å². The molecule has 126 valence electrons. The van der Waals surface area contributed by atoms with Crippen molar-refractivity contribution >= 4 is 5.91 Å². The molecule has 3 heterocycles. The molecule has 4 rings (SSSR count). The molecule has 2 aromatic heterocycles. The van der Waals surface area contributed by atoms with Crippen molar-refractivity contribution in [3.8, 4) is 5.88 Å². The maximum absolute atomic E-state index is 12.8. The smallest absolute Gasteiger partial charge is 0.276 e. The molecule has 1 saturated heterocycles. The van der Waals surface area contributed by atoms with Crippen molar-refractivity contribution in [2.75, 3.05) is 13.1 Å². The first kappa shape index (κ1) is 15.2. The van der Waals surface area contributed by atoms with Crippen LogP contribution >= 0.6 is 0 Å². The summed E-state index contributed by atoms with van der Waals surface area (Å²) in [6.45, 7) is 3.18. The minimum absolute atomic E-state index is 0.0222. The molecule has 1 atom stereocenters. The van der Waals surface area contributed by atoms with Crippen LogP contribution in [0.5, 0.6) is 5.88 Å². The van der Waals surface area contributed by atoms with Gasteiger partial charge in [0.05, 0.1) is 6.54 Å². The first-order valence-electron chi connectivity index (χ1n) is 8.58. The lowest BCUT2D eigenvalue weighted by Gasteiger charge is -2.17. The average Bonchev–Trinajstić information content (AvgIpc) is 3.21. The van der Waals surface area contributed by atoms with E-state index in [1.165, 1.54) is 0 Å². The van der Waals surface area contributed by atoms with E-state index in [2.05, 4.69) is 10.1 Å². The van der Waals surface area contributed by atoms with E-state index in [1.807, 2.05) is 30.0 Å². The molecule has 1 unspecified atom stereocenters. The number of fused-ring (bicyclic) bond motifs is 1. The maximum atomic E-state index is 12.8. The van der Waals surface area contributed by atoms with Crippen LogP contribution in [0.4, 0.5) is 0 Å². The topological polar surface area (TPSA) is 68.5 Å². The Morgan fingerprint density at radius 3 is 3.08 bits per heavy atom. The summed E-state index contributed by atoms with van der Waals surface area (Å²) in [6.07, 6.45) is 4.77. The fourth-order valence-corrected chi connectivity index (χ4v) is 3.47. The fourth-order valence-electron chi connectivity index (χ4n) is 3.47. The van der Waals surface area contributed by atoms with E-state index in [1.54, 1.807) is 0 Å². The van der Waals surface area contributed by atoms with E-state index in [-0.39, 0.29) is 12.0 Å². The zero-order valence-electron chi connectivity index (χ0n) is 13.8. The highest BCUT2D eigenvalue weighted by atomic mass is 16.5. The molecule has 6 heteroatoms. The van der Waals surface area contributed by atoms with Gasteiger partial charge in [0.1, 0.15) is 11.9 Å². The average molecular weight is 327 g/mol. The maximum Gasteiger partial charge on any atom is 0.276 e. The van der Waals surface area contributed by atoms with Gasteiger partial charge in [0.2, 0.25) is 5.88 Å². The quantitative estimate of drug-likeness (QED) is 0.866. The molecule has 2 aromatic rings. The molecule has 6 nitrogen and oxygen atoms in total. The molecule has 0 saturated carbocycles. The zero-order valence-corrected chi connectivity index (χ0v) is 13.8. The van der Waals surface area contributed by atoms with Crippen molar-refractivity contribution in [1.29, 1.82) is 0 Å². The van der Waals surface area contributed by atoms with Gasteiger partial charge in [0.25, 0.3) is 5.91 Å². The van der Waals surface area contributed by atoms with Crippen molar-refractivity contribution in [3.63, 3.8) is 0 Å². The second-order valence-electron chi connectivity index (χ2n) is 6.54. The fraction of sp³-hybridized carbons (Fsp3) is 0.500. The largest absolute Gasteiger partial charge is 0.472 e. The predicted molar refractivity (Wildman–Crippen MR) is 87.1 cm³/mol. The molecule has 0 bridgehead atoms. The number of pyridine rings is 1. The Morgan fingerprint density at radius 1 is 1.33 bits per heavy atom. The Balaban J connectivity index is 1.43. The highest BCUT2D eigenvalue weighted by Crippen LogP contribution is 2.26. The first-order chi connectivity index (χ1) is 11.7. The number of aromatic nitrogens is 2. The normalized spacial score (nSPS) is 20.0. The van der Waals surface area contributed by atoms with E-state index in [0.29, 0.717) is 24.7 Å². The Morgan fingerprint density at radius 2 is 2.21 bits per heavy atom. The number of carbonyl (C=O) groups is 1. The van der Waals surface area contributed by atoms with Crippen LogP contribution in [0, 0.1) is 6.92 Å². The van der Waals surface area contributed by atoms with Crippen LogP contribution in [0.25, 0.3) is 0 Å². The van der Waals surface area contributed by atoms with Gasteiger partial charge < -0.3 is 14.2 Å². The van der Waals surface area contributed by atoms with E-state index in [4.69, 9.17) is 9.26 Å². The van der Waals surface area contributed by atoms with Gasteiger partial charge in [-0.05, 0) is 32.3 Å². The van der Waals surface area contributed by atoms with Crippen molar-refractivity contribution in [3.05, 3.63) is 40.9 Å². The summed E-state index contributed by atoms with van der Waals surface area (Å²) < 4.78 is 11.3. The predicted octanol–water partition coefficient (Wildman–Crippen LogP) is 2.55. The lowest BCUT2D eigenvalue weighted by molar-refractivity contribution is 0.0760. The highest BCUT2D eigenvalue weighted by molar-refractivity contribution is 5.94. The summed E-state index contributed by atoms with van der Waals surface area (Å²) in [4.78, 5) is 18.9. The van der Waals surface area contributed by atoms with E-state index in [9.17, 15) is 4.79 Å².